The Morgan fingerprint density at radius 2 is 2.07 bits per heavy atom. The van der Waals surface area contributed by atoms with Gasteiger partial charge in [-0.25, -0.2) is 9.98 Å². The minimum atomic E-state index is -0.576. The van der Waals surface area contributed by atoms with Gasteiger partial charge in [-0.2, -0.15) is 0 Å². The minimum Gasteiger partial charge on any atom is -0.495 e. The average molecular weight is 362 g/mol. The van der Waals surface area contributed by atoms with Gasteiger partial charge in [-0.05, 0) is 25.1 Å². The highest BCUT2D eigenvalue weighted by molar-refractivity contribution is 6.04. The summed E-state index contributed by atoms with van der Waals surface area (Å²) >= 11 is 0. The van der Waals surface area contributed by atoms with Crippen molar-refractivity contribution in [2.24, 2.45) is 4.99 Å². The number of ether oxygens (including phenoxy) is 1. The van der Waals surface area contributed by atoms with Crippen LogP contribution in [0.25, 0.3) is 0 Å². The quantitative estimate of drug-likeness (QED) is 0.743. The van der Waals surface area contributed by atoms with E-state index < -0.39 is 6.17 Å². The summed E-state index contributed by atoms with van der Waals surface area (Å²) in [5.41, 5.74) is 1.98. The highest BCUT2D eigenvalue weighted by Gasteiger charge is 2.25. The zero-order valence-corrected chi connectivity index (χ0v) is 14.9. The van der Waals surface area contributed by atoms with E-state index in [1.807, 2.05) is 36.4 Å². The Hall–Kier alpha value is -3.68. The van der Waals surface area contributed by atoms with Gasteiger partial charge >= 0.3 is 0 Å². The molecule has 0 bridgehead atoms. The molecule has 1 aliphatic heterocycles. The molecule has 1 aliphatic rings. The third-order valence-corrected chi connectivity index (χ3v) is 4.15. The molecule has 4 rings (SSSR count). The Kier molecular flexibility index (Phi) is 4.29. The Bertz CT molecular complexity index is 1060. The van der Waals surface area contributed by atoms with E-state index in [4.69, 9.17) is 4.74 Å². The standard InChI is InChI=1S/C19H18N6O2/c1-12-10-16(26)25-17(13-6-5-9-20-11-13)23-18(24-19(25)21-12)22-14-7-3-4-8-15(14)27-2/h3-11,17H,1-2H3,(H2,21,22,23,24). The number of nitrogens with one attached hydrogen (secondary N) is 2. The Balaban J connectivity index is 1.80. The fourth-order valence-electron chi connectivity index (χ4n) is 2.94. The van der Waals surface area contributed by atoms with Crippen molar-refractivity contribution in [3.05, 3.63) is 76.5 Å². The molecule has 136 valence electrons. The summed E-state index contributed by atoms with van der Waals surface area (Å²) in [7, 11) is 1.61. The number of aliphatic imine (C=N–C) groups is 1. The normalized spacial score (nSPS) is 15.3. The lowest BCUT2D eigenvalue weighted by atomic mass is 10.2. The topological polar surface area (TPSA) is 93.4 Å². The van der Waals surface area contributed by atoms with Gasteiger partial charge in [0.2, 0.25) is 11.9 Å². The molecule has 3 aromatic rings. The number of pyridine rings is 1. The number of aromatic nitrogens is 3. The van der Waals surface area contributed by atoms with Crippen molar-refractivity contribution < 1.29 is 4.74 Å². The number of nitrogens with zero attached hydrogens (tertiary/aromatic N) is 4. The molecule has 8 heteroatoms. The number of rotatable bonds is 3. The zero-order chi connectivity index (χ0) is 18.8. The average Bonchev–Trinajstić information content (AvgIpc) is 2.68. The van der Waals surface area contributed by atoms with Gasteiger partial charge in [-0.15, -0.1) is 0 Å². The SMILES string of the molecule is COc1ccccc1NC1=NC(c2cccnc2)n2c(nc(C)cc2=O)N1. The fourth-order valence-corrected chi connectivity index (χ4v) is 2.94. The first-order chi connectivity index (χ1) is 13.2. The predicted octanol–water partition coefficient (Wildman–Crippen LogP) is 2.40. The molecule has 27 heavy (non-hydrogen) atoms. The third kappa shape index (κ3) is 3.24. The maximum Gasteiger partial charge on any atom is 0.257 e. The molecule has 0 radical (unpaired) electrons. The van der Waals surface area contributed by atoms with Crippen molar-refractivity contribution in [1.82, 2.24) is 14.5 Å². The number of methoxy groups -OCH3 is 1. The van der Waals surface area contributed by atoms with Gasteiger partial charge in [0.15, 0.2) is 6.17 Å². The first-order valence-corrected chi connectivity index (χ1v) is 8.40. The summed E-state index contributed by atoms with van der Waals surface area (Å²) in [6, 6.07) is 12.7. The molecule has 2 aromatic heterocycles. The van der Waals surface area contributed by atoms with Gasteiger partial charge in [-0.3, -0.25) is 19.7 Å². The van der Waals surface area contributed by atoms with Crippen LogP contribution in [0.1, 0.15) is 17.4 Å². The van der Waals surface area contributed by atoms with Crippen LogP contribution in [0.3, 0.4) is 0 Å². The monoisotopic (exact) mass is 362 g/mol. The summed E-state index contributed by atoms with van der Waals surface area (Å²) in [4.78, 5) is 25.9. The van der Waals surface area contributed by atoms with E-state index in [1.165, 1.54) is 10.6 Å². The van der Waals surface area contributed by atoms with E-state index in [2.05, 4.69) is 25.6 Å². The van der Waals surface area contributed by atoms with Crippen molar-refractivity contribution in [2.45, 2.75) is 13.1 Å². The zero-order valence-electron chi connectivity index (χ0n) is 14.9. The van der Waals surface area contributed by atoms with Crippen molar-refractivity contribution in [1.29, 1.82) is 0 Å². The Morgan fingerprint density at radius 1 is 1.22 bits per heavy atom. The van der Waals surface area contributed by atoms with Crippen LogP contribution in [0.5, 0.6) is 5.75 Å². The lowest BCUT2D eigenvalue weighted by Crippen LogP contribution is -2.37. The van der Waals surface area contributed by atoms with Crippen LogP contribution in [0.4, 0.5) is 11.6 Å². The van der Waals surface area contributed by atoms with Gasteiger partial charge < -0.3 is 10.1 Å². The smallest absolute Gasteiger partial charge is 0.257 e. The van der Waals surface area contributed by atoms with E-state index in [1.54, 1.807) is 26.4 Å². The maximum atomic E-state index is 12.6. The van der Waals surface area contributed by atoms with E-state index in [9.17, 15) is 4.79 Å². The van der Waals surface area contributed by atoms with E-state index in [0.717, 1.165) is 11.3 Å². The molecule has 1 atom stereocenters. The van der Waals surface area contributed by atoms with E-state index in [-0.39, 0.29) is 5.56 Å². The van der Waals surface area contributed by atoms with Crippen LogP contribution in [-0.2, 0) is 0 Å². The molecule has 3 heterocycles. The van der Waals surface area contributed by atoms with Crippen molar-refractivity contribution in [2.75, 3.05) is 17.7 Å². The molecule has 0 aliphatic carbocycles. The van der Waals surface area contributed by atoms with E-state index >= 15 is 0 Å². The van der Waals surface area contributed by atoms with Crippen LogP contribution in [0, 0.1) is 6.92 Å². The third-order valence-electron chi connectivity index (χ3n) is 4.15. The Labute approximate surface area is 155 Å². The number of hydrogen-bond acceptors (Lipinski definition) is 7. The largest absolute Gasteiger partial charge is 0.495 e. The lowest BCUT2D eigenvalue weighted by molar-refractivity contribution is 0.417. The van der Waals surface area contributed by atoms with Crippen molar-refractivity contribution in [3.63, 3.8) is 0 Å². The van der Waals surface area contributed by atoms with Crippen LogP contribution in [-0.4, -0.2) is 27.6 Å². The molecule has 0 amide bonds. The second-order valence-corrected chi connectivity index (χ2v) is 6.02. The summed E-state index contributed by atoms with van der Waals surface area (Å²) in [5, 5.41) is 6.31. The molecule has 1 aromatic carbocycles. The van der Waals surface area contributed by atoms with E-state index in [0.29, 0.717) is 23.4 Å². The molecule has 0 spiro atoms. The number of para-hydroxylation sites is 2. The number of guanidine groups is 1. The van der Waals surface area contributed by atoms with Gasteiger partial charge in [0.25, 0.3) is 5.56 Å². The fraction of sp³-hybridized carbons (Fsp3) is 0.158. The van der Waals surface area contributed by atoms with Crippen molar-refractivity contribution in [3.8, 4) is 5.75 Å². The molecule has 0 fully saturated rings. The van der Waals surface area contributed by atoms with Crippen LogP contribution >= 0.6 is 0 Å². The summed E-state index contributed by atoms with van der Waals surface area (Å²) < 4.78 is 6.89. The molecule has 1 unspecified atom stereocenters. The van der Waals surface area contributed by atoms with Crippen LogP contribution < -0.4 is 20.9 Å². The first-order valence-electron chi connectivity index (χ1n) is 8.40. The summed E-state index contributed by atoms with van der Waals surface area (Å²) in [6.45, 7) is 1.78. The summed E-state index contributed by atoms with van der Waals surface area (Å²) in [5.74, 6) is 1.56. The van der Waals surface area contributed by atoms with Gasteiger partial charge in [0.05, 0.1) is 12.8 Å². The summed E-state index contributed by atoms with van der Waals surface area (Å²) in [6.07, 6.45) is 2.79. The number of benzene rings is 1. The van der Waals surface area contributed by atoms with Gasteiger partial charge in [-0.1, -0.05) is 18.2 Å². The molecular weight excluding hydrogens is 344 g/mol. The van der Waals surface area contributed by atoms with Gasteiger partial charge in [0, 0.05) is 29.7 Å². The second kappa shape index (κ2) is 6.91. The van der Waals surface area contributed by atoms with Gasteiger partial charge in [0.1, 0.15) is 5.75 Å². The second-order valence-electron chi connectivity index (χ2n) is 6.02. The molecule has 8 nitrogen and oxygen atoms in total. The van der Waals surface area contributed by atoms with Crippen molar-refractivity contribution >= 4 is 17.6 Å². The van der Waals surface area contributed by atoms with Crippen LogP contribution in [0.15, 0.2) is 64.6 Å². The minimum absolute atomic E-state index is 0.182. The number of fused-ring (bicyclic) bond motifs is 1. The number of anilines is 2. The predicted molar refractivity (Wildman–Crippen MR) is 103 cm³/mol. The molecule has 2 N–H and O–H groups in total. The van der Waals surface area contributed by atoms with Crippen LogP contribution in [0.2, 0.25) is 0 Å². The first kappa shape index (κ1) is 16.8. The molecular formula is C19H18N6O2. The number of aryl methyl sites for hydroxylation is 1. The lowest BCUT2D eigenvalue weighted by Gasteiger charge is -2.27. The molecule has 0 saturated carbocycles. The maximum absolute atomic E-state index is 12.6. The highest BCUT2D eigenvalue weighted by atomic mass is 16.5. The highest BCUT2D eigenvalue weighted by Crippen LogP contribution is 2.27. The number of hydrogen-bond donors (Lipinski definition) is 2. The Morgan fingerprint density at radius 3 is 2.85 bits per heavy atom. The molecule has 0 saturated heterocycles.